The highest BCUT2D eigenvalue weighted by Crippen LogP contribution is 2.37. The Morgan fingerprint density at radius 3 is 1.02 bits per heavy atom. The molecule has 46 heavy (non-hydrogen) atoms. The smallest absolute Gasteiger partial charge is 0.140 e. The van der Waals surface area contributed by atoms with Crippen LogP contribution in [0.15, 0.2) is 133 Å². The van der Waals surface area contributed by atoms with Crippen LogP contribution in [-0.4, -0.2) is 10.2 Å². The third-order valence-corrected chi connectivity index (χ3v) is 9.17. The van der Waals surface area contributed by atoms with Gasteiger partial charge in [0.15, 0.2) is 0 Å². The predicted molar refractivity (Wildman–Crippen MR) is 190 cm³/mol. The molecule has 0 fully saturated rings. The van der Waals surface area contributed by atoms with E-state index in [1.165, 1.54) is 43.1 Å². The molecule has 9 rings (SSSR count). The second-order valence-corrected chi connectivity index (χ2v) is 12.0. The quantitative estimate of drug-likeness (QED) is 0.156. The van der Waals surface area contributed by atoms with Gasteiger partial charge in [0.1, 0.15) is 12.2 Å². The maximum Gasteiger partial charge on any atom is 0.140 e. The van der Waals surface area contributed by atoms with Crippen LogP contribution in [0.25, 0.3) is 64.6 Å². The third kappa shape index (κ3) is 4.33. The Kier molecular flexibility index (Phi) is 5.95. The van der Waals surface area contributed by atoms with Crippen molar-refractivity contribution >= 4 is 64.6 Å². The fraction of sp³-hybridized carbons (Fsp3) is 0.0455. The monoisotopic (exact) mass is 586 g/mol. The normalized spacial score (nSPS) is 12.9. The average molecular weight is 587 g/mol. The van der Waals surface area contributed by atoms with Crippen molar-refractivity contribution in [1.29, 1.82) is 0 Å². The minimum Gasteiger partial charge on any atom is -0.376 e. The summed E-state index contributed by atoms with van der Waals surface area (Å²) in [6, 6.07) is 45.5. The molecule has 0 spiro atoms. The highest BCUT2D eigenvalue weighted by molar-refractivity contribution is 6.24. The van der Waals surface area contributed by atoms with Gasteiger partial charge in [0.05, 0.1) is 0 Å². The molecule has 0 saturated carbocycles. The SMILES string of the molecule is OC(C#Cc1cccc(C#CC(O)c2cc3ccc4cccc5ccc(c2)c3c45)c1)c1cc2ccc3cccc4ccc(c1)c2c34. The van der Waals surface area contributed by atoms with Crippen LogP contribution >= 0.6 is 0 Å². The molecule has 0 saturated heterocycles. The summed E-state index contributed by atoms with van der Waals surface area (Å²) in [4.78, 5) is 0. The molecule has 0 radical (unpaired) electrons. The molecule has 9 aromatic rings. The van der Waals surface area contributed by atoms with Crippen LogP contribution in [0.2, 0.25) is 0 Å². The van der Waals surface area contributed by atoms with Gasteiger partial charge < -0.3 is 10.2 Å². The Bertz CT molecular complexity index is 2430. The molecule has 2 nitrogen and oxygen atoms in total. The van der Waals surface area contributed by atoms with Crippen molar-refractivity contribution in [2.24, 2.45) is 0 Å². The fourth-order valence-electron chi connectivity index (χ4n) is 7.02. The van der Waals surface area contributed by atoms with Gasteiger partial charge in [-0.2, -0.15) is 0 Å². The first-order chi connectivity index (χ1) is 22.6. The second-order valence-electron chi connectivity index (χ2n) is 12.0. The van der Waals surface area contributed by atoms with Crippen LogP contribution < -0.4 is 0 Å². The van der Waals surface area contributed by atoms with E-state index in [4.69, 9.17) is 0 Å². The van der Waals surface area contributed by atoms with E-state index in [0.717, 1.165) is 43.8 Å². The maximum atomic E-state index is 11.1. The van der Waals surface area contributed by atoms with Gasteiger partial charge in [-0.15, -0.1) is 0 Å². The lowest BCUT2D eigenvalue weighted by Gasteiger charge is -2.13. The van der Waals surface area contributed by atoms with Gasteiger partial charge in [-0.3, -0.25) is 0 Å². The zero-order valence-corrected chi connectivity index (χ0v) is 24.8. The second kappa shape index (κ2) is 10.3. The molecule has 0 amide bonds. The Labute approximate surface area is 265 Å². The summed E-state index contributed by atoms with van der Waals surface area (Å²) in [5.41, 5.74) is 3.04. The van der Waals surface area contributed by atoms with E-state index in [-0.39, 0.29) is 0 Å². The highest BCUT2D eigenvalue weighted by atomic mass is 16.3. The third-order valence-electron chi connectivity index (χ3n) is 9.17. The lowest BCUT2D eigenvalue weighted by molar-refractivity contribution is 0.238. The Morgan fingerprint density at radius 1 is 0.348 bits per heavy atom. The van der Waals surface area contributed by atoms with E-state index in [1.54, 1.807) is 0 Å². The van der Waals surface area contributed by atoms with Crippen molar-refractivity contribution in [3.63, 3.8) is 0 Å². The zero-order chi connectivity index (χ0) is 30.8. The predicted octanol–water partition coefficient (Wildman–Crippen LogP) is 9.65. The van der Waals surface area contributed by atoms with E-state index in [1.807, 2.05) is 48.5 Å². The van der Waals surface area contributed by atoms with Gasteiger partial charge in [-0.1, -0.05) is 115 Å². The molecule has 214 valence electrons. The first-order valence-corrected chi connectivity index (χ1v) is 15.4. The summed E-state index contributed by atoms with van der Waals surface area (Å²) in [5.74, 6) is 12.3. The van der Waals surface area contributed by atoms with E-state index in [2.05, 4.69) is 109 Å². The molecule has 0 bridgehead atoms. The number of aliphatic hydroxyl groups is 2. The van der Waals surface area contributed by atoms with Crippen LogP contribution in [-0.2, 0) is 0 Å². The van der Waals surface area contributed by atoms with Gasteiger partial charge in [0.25, 0.3) is 0 Å². The van der Waals surface area contributed by atoms with Crippen molar-refractivity contribution in [3.05, 3.63) is 156 Å². The topological polar surface area (TPSA) is 40.5 Å². The lowest BCUT2D eigenvalue weighted by Crippen LogP contribution is -1.95. The van der Waals surface area contributed by atoms with Crippen LogP contribution in [0.4, 0.5) is 0 Å². The van der Waals surface area contributed by atoms with Gasteiger partial charge in [-0.05, 0) is 118 Å². The number of hydrogen-bond acceptors (Lipinski definition) is 2. The van der Waals surface area contributed by atoms with Crippen molar-refractivity contribution in [1.82, 2.24) is 0 Å². The first-order valence-electron chi connectivity index (χ1n) is 15.4. The summed E-state index contributed by atoms with van der Waals surface area (Å²) in [5, 5.41) is 36.4. The average Bonchev–Trinajstić information content (AvgIpc) is 3.10. The van der Waals surface area contributed by atoms with Crippen LogP contribution in [0.5, 0.6) is 0 Å². The minimum absolute atomic E-state index is 0.751. The van der Waals surface area contributed by atoms with Crippen molar-refractivity contribution in [2.45, 2.75) is 12.2 Å². The summed E-state index contributed by atoms with van der Waals surface area (Å²) < 4.78 is 0. The van der Waals surface area contributed by atoms with E-state index >= 15 is 0 Å². The van der Waals surface area contributed by atoms with E-state index in [9.17, 15) is 10.2 Å². The first kappa shape index (κ1) is 26.5. The van der Waals surface area contributed by atoms with Gasteiger partial charge in [-0.25, -0.2) is 0 Å². The summed E-state index contributed by atoms with van der Waals surface area (Å²) in [6.45, 7) is 0. The van der Waals surface area contributed by atoms with Gasteiger partial charge >= 0.3 is 0 Å². The minimum atomic E-state index is -0.935. The van der Waals surface area contributed by atoms with E-state index in [0.29, 0.717) is 0 Å². The molecule has 0 aliphatic carbocycles. The number of hydrogen-bond donors (Lipinski definition) is 2. The molecule has 2 N–H and O–H groups in total. The maximum absolute atomic E-state index is 11.1. The van der Waals surface area contributed by atoms with Crippen molar-refractivity contribution in [2.75, 3.05) is 0 Å². The molecular weight excluding hydrogens is 560 g/mol. The molecule has 0 aromatic heterocycles. The highest BCUT2D eigenvalue weighted by Gasteiger charge is 2.13. The van der Waals surface area contributed by atoms with Gasteiger partial charge in [0, 0.05) is 11.1 Å². The number of benzene rings is 9. The molecule has 0 heterocycles. The Hall–Kier alpha value is -5.90. The molecule has 2 heteroatoms. The fourth-order valence-corrected chi connectivity index (χ4v) is 7.02. The summed E-state index contributed by atoms with van der Waals surface area (Å²) in [6.07, 6.45) is -1.87. The number of rotatable bonds is 2. The molecular formula is C44H26O2. The summed E-state index contributed by atoms with van der Waals surface area (Å²) >= 11 is 0. The van der Waals surface area contributed by atoms with Crippen LogP contribution in [0, 0.1) is 23.7 Å². The van der Waals surface area contributed by atoms with E-state index < -0.39 is 12.2 Å². The number of aliphatic hydroxyl groups excluding tert-OH is 2. The van der Waals surface area contributed by atoms with Crippen molar-refractivity contribution in [3.8, 4) is 23.7 Å². The Morgan fingerprint density at radius 2 is 0.652 bits per heavy atom. The lowest BCUT2D eigenvalue weighted by atomic mass is 9.92. The van der Waals surface area contributed by atoms with Crippen LogP contribution in [0.1, 0.15) is 34.5 Å². The molecule has 2 unspecified atom stereocenters. The standard InChI is InChI=1S/C44H26O2/c45-39(37-23-33-16-12-29-6-2-7-30-13-17-34(24-37)43(33)41(29)30)20-10-27-4-1-5-28(22-27)11-21-40(46)38-25-35-18-14-31-8-3-9-32-15-19-36(26-38)44(35)42(31)32/h1-9,12-19,22-26,39-40,45-46H. The van der Waals surface area contributed by atoms with Gasteiger partial charge in [0.2, 0.25) is 0 Å². The summed E-state index contributed by atoms with van der Waals surface area (Å²) in [7, 11) is 0. The van der Waals surface area contributed by atoms with Crippen molar-refractivity contribution < 1.29 is 10.2 Å². The molecule has 0 aliphatic heterocycles. The largest absolute Gasteiger partial charge is 0.376 e. The molecule has 2 atom stereocenters. The van der Waals surface area contributed by atoms with Crippen LogP contribution in [0.3, 0.4) is 0 Å². The molecule has 0 aliphatic rings. The Balaban J connectivity index is 0.992. The zero-order valence-electron chi connectivity index (χ0n) is 24.8. The molecule has 9 aromatic carbocycles.